The first kappa shape index (κ1) is 17.3. The number of rotatable bonds is 3. The second-order valence-corrected chi connectivity index (χ2v) is 7.00. The lowest BCUT2D eigenvalue weighted by Crippen LogP contribution is -2.44. The van der Waals surface area contributed by atoms with Crippen molar-refractivity contribution in [1.29, 1.82) is 0 Å². The van der Waals surface area contributed by atoms with E-state index in [0.29, 0.717) is 24.3 Å². The second-order valence-electron chi connectivity index (χ2n) is 7.00. The van der Waals surface area contributed by atoms with E-state index in [1.807, 2.05) is 44.3 Å². The van der Waals surface area contributed by atoms with Crippen molar-refractivity contribution in [3.63, 3.8) is 0 Å². The third kappa shape index (κ3) is 2.87. The number of nitrogens with one attached hydrogen (secondary N) is 2. The molecule has 3 heterocycles. The number of H-pyrrole nitrogens is 1. The number of likely N-dealkylation sites (tertiary alicyclic amines) is 1. The number of hydrogen-bond donors (Lipinski definition) is 2. The lowest BCUT2D eigenvalue weighted by atomic mass is 9.84. The summed E-state index contributed by atoms with van der Waals surface area (Å²) < 4.78 is 1.68. The van der Waals surface area contributed by atoms with Gasteiger partial charge in [-0.15, -0.1) is 0 Å². The Balaban J connectivity index is 1.65. The van der Waals surface area contributed by atoms with Gasteiger partial charge in [0.1, 0.15) is 5.82 Å². The van der Waals surface area contributed by atoms with Gasteiger partial charge in [-0.05, 0) is 18.9 Å². The van der Waals surface area contributed by atoms with Crippen LogP contribution in [0.4, 0.5) is 5.82 Å². The number of hydrogen-bond acceptors (Lipinski definition) is 4. The number of nitrogens with zero attached hydrogens (tertiary/aromatic N) is 4. The van der Waals surface area contributed by atoms with Gasteiger partial charge in [0.15, 0.2) is 5.65 Å². The Morgan fingerprint density at radius 3 is 2.74 bits per heavy atom. The first-order valence-corrected chi connectivity index (χ1v) is 8.96. The van der Waals surface area contributed by atoms with Crippen LogP contribution in [0.5, 0.6) is 0 Å². The van der Waals surface area contributed by atoms with Crippen molar-refractivity contribution in [1.82, 2.24) is 24.9 Å². The molecule has 8 heteroatoms. The average molecular weight is 366 g/mol. The third-order valence-corrected chi connectivity index (χ3v) is 5.30. The number of carbonyl (C=O) groups excluding carboxylic acids is 2. The van der Waals surface area contributed by atoms with Crippen LogP contribution in [0.3, 0.4) is 0 Å². The summed E-state index contributed by atoms with van der Waals surface area (Å²) in [5.41, 5.74) is 2.45. The van der Waals surface area contributed by atoms with Gasteiger partial charge in [-0.3, -0.25) is 14.7 Å². The van der Waals surface area contributed by atoms with Crippen LogP contribution in [0.15, 0.2) is 30.3 Å². The molecule has 2 atom stereocenters. The second kappa shape index (κ2) is 6.53. The van der Waals surface area contributed by atoms with Crippen molar-refractivity contribution < 1.29 is 9.59 Å². The summed E-state index contributed by atoms with van der Waals surface area (Å²) in [4.78, 5) is 27.1. The van der Waals surface area contributed by atoms with Gasteiger partial charge in [-0.25, -0.2) is 4.68 Å². The molecule has 0 aliphatic carbocycles. The van der Waals surface area contributed by atoms with Gasteiger partial charge in [0.25, 0.3) is 0 Å². The summed E-state index contributed by atoms with van der Waals surface area (Å²) in [5.74, 6) is 0.134. The van der Waals surface area contributed by atoms with Crippen molar-refractivity contribution in [3.05, 3.63) is 41.6 Å². The fraction of sp³-hybridized carbons (Fsp3) is 0.368. The molecule has 0 saturated carbocycles. The molecule has 0 unspecified atom stereocenters. The van der Waals surface area contributed by atoms with E-state index in [1.54, 1.807) is 16.6 Å². The lowest BCUT2D eigenvalue weighted by molar-refractivity contribution is -0.140. The maximum absolute atomic E-state index is 13.1. The van der Waals surface area contributed by atoms with Crippen LogP contribution < -0.4 is 5.32 Å². The summed E-state index contributed by atoms with van der Waals surface area (Å²) in [6.45, 7) is 1.88. The summed E-state index contributed by atoms with van der Waals surface area (Å²) in [7, 11) is 3.58. The Kier molecular flexibility index (Phi) is 4.18. The van der Waals surface area contributed by atoms with Gasteiger partial charge in [-0.1, -0.05) is 30.3 Å². The molecule has 1 fully saturated rings. The quantitative estimate of drug-likeness (QED) is 0.742. The van der Waals surface area contributed by atoms with Crippen LogP contribution in [-0.2, 0) is 16.6 Å². The van der Waals surface area contributed by atoms with Crippen LogP contribution in [0, 0.1) is 12.8 Å². The molecule has 8 nitrogen and oxygen atoms in total. The highest BCUT2D eigenvalue weighted by atomic mass is 16.2. The number of aromatic nitrogens is 4. The summed E-state index contributed by atoms with van der Waals surface area (Å²) in [6, 6.07) is 9.40. The van der Waals surface area contributed by atoms with E-state index in [0.717, 1.165) is 16.6 Å². The zero-order valence-electron chi connectivity index (χ0n) is 15.6. The topological polar surface area (TPSA) is 95.9 Å². The molecule has 27 heavy (non-hydrogen) atoms. The van der Waals surface area contributed by atoms with Gasteiger partial charge in [-0.2, -0.15) is 10.2 Å². The number of benzene rings is 1. The fourth-order valence-corrected chi connectivity index (χ4v) is 3.96. The highest BCUT2D eigenvalue weighted by Crippen LogP contribution is 2.36. The molecule has 0 spiro atoms. The minimum Gasteiger partial charge on any atom is -0.338 e. The number of amides is 2. The Hall–Kier alpha value is -3.16. The van der Waals surface area contributed by atoms with Gasteiger partial charge in [0, 0.05) is 20.5 Å². The smallest absolute Gasteiger partial charge is 0.231 e. The van der Waals surface area contributed by atoms with E-state index in [-0.39, 0.29) is 23.8 Å². The number of aryl methyl sites for hydroxylation is 2. The van der Waals surface area contributed by atoms with Crippen LogP contribution >= 0.6 is 0 Å². The number of carbonyl (C=O) groups is 2. The number of piperidine rings is 1. The monoisotopic (exact) mass is 366 g/mol. The highest BCUT2D eigenvalue weighted by molar-refractivity contribution is 6.01. The zero-order valence-corrected chi connectivity index (χ0v) is 15.6. The lowest BCUT2D eigenvalue weighted by Gasteiger charge is -2.38. The molecule has 0 bridgehead atoms. The molecule has 3 aromatic rings. The Bertz CT molecular complexity index is 1010. The Morgan fingerprint density at radius 1 is 1.26 bits per heavy atom. The molecular formula is C19H22N6O2. The molecule has 0 radical (unpaired) electrons. The normalized spacial score (nSPS) is 20.3. The maximum atomic E-state index is 13.1. The van der Waals surface area contributed by atoms with Crippen LogP contribution in [0.25, 0.3) is 11.0 Å². The van der Waals surface area contributed by atoms with Gasteiger partial charge >= 0.3 is 0 Å². The van der Waals surface area contributed by atoms with Crippen LogP contribution in [-0.4, -0.2) is 43.7 Å². The van der Waals surface area contributed by atoms with Crippen molar-refractivity contribution in [3.8, 4) is 0 Å². The highest BCUT2D eigenvalue weighted by Gasteiger charge is 2.39. The fourth-order valence-electron chi connectivity index (χ4n) is 3.96. The first-order valence-electron chi connectivity index (χ1n) is 8.96. The van der Waals surface area contributed by atoms with Crippen molar-refractivity contribution >= 4 is 28.7 Å². The third-order valence-electron chi connectivity index (χ3n) is 5.30. The SMILES string of the molecule is Cc1nn(C)c2n[nH]c(NC(=O)[C@H]3CCC(=O)N(C)[C@@H]3c3ccccc3)c12. The van der Waals surface area contributed by atoms with E-state index in [9.17, 15) is 9.59 Å². The van der Waals surface area contributed by atoms with Gasteiger partial charge in [0.2, 0.25) is 11.8 Å². The zero-order chi connectivity index (χ0) is 19.1. The van der Waals surface area contributed by atoms with Gasteiger partial charge < -0.3 is 10.2 Å². The first-order chi connectivity index (χ1) is 13.0. The molecule has 2 aromatic heterocycles. The molecule has 2 amide bonds. The van der Waals surface area contributed by atoms with Crippen molar-refractivity contribution in [2.24, 2.45) is 13.0 Å². The van der Waals surface area contributed by atoms with E-state index in [2.05, 4.69) is 20.6 Å². The molecule has 1 aliphatic heterocycles. The van der Waals surface area contributed by atoms with Crippen LogP contribution in [0.1, 0.15) is 30.1 Å². The molecule has 1 saturated heterocycles. The predicted octanol–water partition coefficient (Wildman–Crippen LogP) is 2.15. The molecule has 4 rings (SSSR count). The minimum absolute atomic E-state index is 0.0555. The largest absolute Gasteiger partial charge is 0.338 e. The number of anilines is 1. The summed E-state index contributed by atoms with van der Waals surface area (Å²) in [6.07, 6.45) is 0.875. The number of fused-ring (bicyclic) bond motifs is 1. The maximum Gasteiger partial charge on any atom is 0.231 e. The molecule has 2 N–H and O–H groups in total. The van der Waals surface area contributed by atoms with E-state index >= 15 is 0 Å². The van der Waals surface area contributed by atoms with Gasteiger partial charge in [0.05, 0.1) is 23.0 Å². The average Bonchev–Trinajstić information content (AvgIpc) is 3.20. The van der Waals surface area contributed by atoms with Crippen LogP contribution in [0.2, 0.25) is 0 Å². The summed E-state index contributed by atoms with van der Waals surface area (Å²) >= 11 is 0. The summed E-state index contributed by atoms with van der Waals surface area (Å²) in [5, 5.41) is 15.3. The standard InChI is InChI=1S/C19H22N6O2/c1-11-15-17(21-22-18(15)25(3)23-11)20-19(27)13-9-10-14(26)24(2)16(13)12-7-5-4-6-8-12/h4-8,13,16H,9-10H2,1-3H3,(H2,20,21,22,27)/t13-,16+/m0/s1. The Morgan fingerprint density at radius 2 is 2.00 bits per heavy atom. The molecule has 140 valence electrons. The van der Waals surface area contributed by atoms with E-state index < -0.39 is 0 Å². The Labute approximate surface area is 156 Å². The minimum atomic E-state index is -0.342. The predicted molar refractivity (Wildman–Crippen MR) is 101 cm³/mol. The van der Waals surface area contributed by atoms with Crippen molar-refractivity contribution in [2.45, 2.75) is 25.8 Å². The molecule has 1 aromatic carbocycles. The molecule has 1 aliphatic rings. The van der Waals surface area contributed by atoms with E-state index in [4.69, 9.17) is 0 Å². The van der Waals surface area contributed by atoms with Crippen molar-refractivity contribution in [2.75, 3.05) is 12.4 Å². The molecular weight excluding hydrogens is 344 g/mol. The number of aromatic amines is 1. The van der Waals surface area contributed by atoms with E-state index in [1.165, 1.54) is 0 Å².